The second kappa shape index (κ2) is 12.9. The number of nitrogens with zero attached hydrogens (tertiary/aromatic N) is 2. The normalized spacial score (nSPS) is 10.9. The van der Waals surface area contributed by atoms with Gasteiger partial charge in [0.05, 0.1) is 6.54 Å². The number of benzene rings is 3. The van der Waals surface area contributed by atoms with Crippen LogP contribution >= 0.6 is 24.0 Å². The second-order valence-electron chi connectivity index (χ2n) is 7.40. The maximum absolute atomic E-state index is 12.1. The van der Waals surface area contributed by atoms with Gasteiger partial charge in [-0.05, 0) is 35.6 Å². The third kappa shape index (κ3) is 7.12. The van der Waals surface area contributed by atoms with Crippen molar-refractivity contribution >= 4 is 46.6 Å². The summed E-state index contributed by atoms with van der Waals surface area (Å²) >= 11 is 0. The molecule has 0 atom stereocenters. The maximum Gasteiger partial charge on any atom is 0.253 e. The smallest absolute Gasteiger partial charge is 0.253 e. The van der Waals surface area contributed by atoms with Crippen molar-refractivity contribution in [3.63, 3.8) is 0 Å². The van der Waals surface area contributed by atoms with Gasteiger partial charge in [-0.2, -0.15) is 0 Å². The molecule has 2 N–H and O–H groups in total. The van der Waals surface area contributed by atoms with Crippen molar-refractivity contribution in [1.82, 2.24) is 15.5 Å². The monoisotopic (exact) mass is 546 g/mol. The third-order valence-corrected chi connectivity index (χ3v) is 4.91. The second-order valence-corrected chi connectivity index (χ2v) is 7.40. The van der Waals surface area contributed by atoms with Gasteiger partial charge in [0.15, 0.2) is 5.96 Å². The lowest BCUT2D eigenvalue weighted by Gasteiger charge is -2.14. The van der Waals surface area contributed by atoms with E-state index >= 15 is 0 Å². The largest absolute Gasteiger partial charge is 0.491 e. The minimum absolute atomic E-state index is 0. The highest BCUT2D eigenvalue weighted by Gasteiger charge is 2.08. The first-order valence-corrected chi connectivity index (χ1v) is 10.4. The zero-order valence-corrected chi connectivity index (χ0v) is 21.1. The van der Waals surface area contributed by atoms with Crippen molar-refractivity contribution in [2.75, 3.05) is 40.8 Å². The minimum atomic E-state index is 0. The number of ether oxygens (including phenoxy) is 1. The summed E-state index contributed by atoms with van der Waals surface area (Å²) in [5, 5.41) is 8.86. The van der Waals surface area contributed by atoms with Crippen LogP contribution in [0.15, 0.2) is 71.7 Å². The number of nitrogens with one attached hydrogen (secondary N) is 2. The Balaban J connectivity index is 0.00000363. The van der Waals surface area contributed by atoms with Crippen LogP contribution in [0.5, 0.6) is 5.75 Å². The molecule has 0 aliphatic heterocycles. The van der Waals surface area contributed by atoms with E-state index in [1.807, 2.05) is 48.5 Å². The Labute approximate surface area is 207 Å². The van der Waals surface area contributed by atoms with Crippen molar-refractivity contribution < 1.29 is 9.53 Å². The average molecular weight is 546 g/mol. The standard InChI is InChI=1S/C25H30N4O2.HI/c1-26-25(27-15-14-19-8-6-11-21(18-19)24(30)29(2)3)28-16-17-31-23-13-7-10-20-9-4-5-12-22(20)23;/h4-13,18H,14-17H2,1-3H3,(H2,26,27,28);1H. The Bertz CT molecular complexity index is 1050. The fourth-order valence-corrected chi connectivity index (χ4v) is 3.32. The first-order chi connectivity index (χ1) is 15.1. The summed E-state index contributed by atoms with van der Waals surface area (Å²) in [4.78, 5) is 18.0. The van der Waals surface area contributed by atoms with Gasteiger partial charge in [-0.25, -0.2) is 0 Å². The van der Waals surface area contributed by atoms with Crippen molar-refractivity contribution in [1.29, 1.82) is 0 Å². The molecule has 0 saturated heterocycles. The molecule has 7 heteroatoms. The summed E-state index contributed by atoms with van der Waals surface area (Å²) in [6.45, 7) is 1.88. The van der Waals surface area contributed by atoms with Crippen LogP contribution in [0, 0.1) is 0 Å². The van der Waals surface area contributed by atoms with E-state index in [1.54, 1.807) is 26.0 Å². The summed E-state index contributed by atoms with van der Waals surface area (Å²) in [5.41, 5.74) is 1.81. The number of halogens is 1. The average Bonchev–Trinajstić information content (AvgIpc) is 2.80. The topological polar surface area (TPSA) is 66.0 Å². The Hall–Kier alpha value is -2.81. The lowest BCUT2D eigenvalue weighted by Crippen LogP contribution is -2.40. The molecule has 3 aromatic carbocycles. The number of hydrogen-bond acceptors (Lipinski definition) is 3. The molecule has 3 rings (SSSR count). The molecule has 0 aliphatic rings. The Morgan fingerprint density at radius 2 is 1.69 bits per heavy atom. The molecule has 0 saturated carbocycles. The van der Waals surface area contributed by atoms with Crippen LogP contribution in [0.25, 0.3) is 10.8 Å². The van der Waals surface area contributed by atoms with Crippen molar-refractivity contribution in [2.24, 2.45) is 4.99 Å². The van der Waals surface area contributed by atoms with Gasteiger partial charge in [-0.1, -0.05) is 48.5 Å². The molecule has 0 aliphatic carbocycles. The highest BCUT2D eigenvalue weighted by Crippen LogP contribution is 2.24. The summed E-state index contributed by atoms with van der Waals surface area (Å²) in [7, 11) is 5.27. The fourth-order valence-electron chi connectivity index (χ4n) is 3.32. The maximum atomic E-state index is 12.1. The number of hydrogen-bond donors (Lipinski definition) is 2. The lowest BCUT2D eigenvalue weighted by molar-refractivity contribution is 0.0827. The van der Waals surface area contributed by atoms with Gasteiger partial charge in [-0.3, -0.25) is 9.79 Å². The summed E-state index contributed by atoms with van der Waals surface area (Å²) < 4.78 is 5.96. The molecule has 32 heavy (non-hydrogen) atoms. The molecule has 0 heterocycles. The number of carbonyl (C=O) groups is 1. The van der Waals surface area contributed by atoms with Crippen LogP contribution in [0.2, 0.25) is 0 Å². The molecule has 3 aromatic rings. The molecule has 6 nitrogen and oxygen atoms in total. The van der Waals surface area contributed by atoms with Crippen molar-refractivity contribution in [2.45, 2.75) is 6.42 Å². The zero-order chi connectivity index (χ0) is 22.1. The first kappa shape index (κ1) is 25.5. The van der Waals surface area contributed by atoms with Crippen LogP contribution in [0.1, 0.15) is 15.9 Å². The number of amides is 1. The van der Waals surface area contributed by atoms with Gasteiger partial charge < -0.3 is 20.3 Å². The van der Waals surface area contributed by atoms with Gasteiger partial charge in [0.25, 0.3) is 5.91 Å². The quantitative estimate of drug-likeness (QED) is 0.195. The van der Waals surface area contributed by atoms with Crippen LogP contribution in [-0.4, -0.2) is 57.6 Å². The van der Waals surface area contributed by atoms with E-state index in [4.69, 9.17) is 4.74 Å². The van der Waals surface area contributed by atoms with E-state index in [1.165, 1.54) is 5.39 Å². The van der Waals surface area contributed by atoms with Crippen molar-refractivity contribution in [3.8, 4) is 5.75 Å². The molecular weight excluding hydrogens is 515 g/mol. The van der Waals surface area contributed by atoms with Gasteiger partial charge >= 0.3 is 0 Å². The van der Waals surface area contributed by atoms with E-state index in [-0.39, 0.29) is 29.9 Å². The Kier molecular flexibility index (Phi) is 10.3. The van der Waals surface area contributed by atoms with E-state index in [9.17, 15) is 4.79 Å². The van der Waals surface area contributed by atoms with Crippen molar-refractivity contribution in [3.05, 3.63) is 77.9 Å². The molecule has 0 bridgehead atoms. The van der Waals surface area contributed by atoms with E-state index < -0.39 is 0 Å². The van der Waals surface area contributed by atoms with E-state index in [2.05, 4.69) is 33.8 Å². The molecular formula is C25H31IN4O2. The molecule has 0 aromatic heterocycles. The molecule has 0 unspecified atom stereocenters. The molecule has 170 valence electrons. The number of fused-ring (bicyclic) bond motifs is 1. The van der Waals surface area contributed by atoms with Crippen LogP contribution in [-0.2, 0) is 6.42 Å². The zero-order valence-electron chi connectivity index (χ0n) is 18.8. The fraction of sp³-hybridized carbons (Fsp3) is 0.280. The summed E-state index contributed by atoms with van der Waals surface area (Å²) in [6, 6.07) is 22.0. The number of aliphatic imine (C=N–C) groups is 1. The summed E-state index contributed by atoms with van der Waals surface area (Å²) in [5.74, 6) is 1.62. The van der Waals surface area contributed by atoms with Gasteiger partial charge in [0.2, 0.25) is 0 Å². The van der Waals surface area contributed by atoms with Gasteiger partial charge in [0.1, 0.15) is 12.4 Å². The van der Waals surface area contributed by atoms with E-state index in [0.717, 1.165) is 29.1 Å². The SMILES string of the molecule is CN=C(NCCOc1cccc2ccccc12)NCCc1cccc(C(=O)N(C)C)c1.I. The van der Waals surface area contributed by atoms with E-state index in [0.29, 0.717) is 25.3 Å². The Morgan fingerprint density at radius 1 is 0.969 bits per heavy atom. The molecule has 0 fully saturated rings. The number of guanidine groups is 1. The lowest BCUT2D eigenvalue weighted by atomic mass is 10.1. The molecule has 1 amide bonds. The predicted molar refractivity (Wildman–Crippen MR) is 142 cm³/mol. The molecule has 0 radical (unpaired) electrons. The van der Waals surface area contributed by atoms with Crippen LogP contribution in [0.4, 0.5) is 0 Å². The summed E-state index contributed by atoms with van der Waals surface area (Å²) in [6.07, 6.45) is 0.793. The Morgan fingerprint density at radius 3 is 2.47 bits per heavy atom. The highest BCUT2D eigenvalue weighted by atomic mass is 127. The predicted octanol–water partition coefficient (Wildman–Crippen LogP) is 3.95. The number of rotatable bonds is 8. The minimum Gasteiger partial charge on any atom is -0.491 e. The van der Waals surface area contributed by atoms with Gasteiger partial charge in [0, 0.05) is 38.6 Å². The first-order valence-electron chi connectivity index (χ1n) is 10.4. The molecule has 0 spiro atoms. The van der Waals surface area contributed by atoms with Gasteiger partial charge in [-0.15, -0.1) is 24.0 Å². The van der Waals surface area contributed by atoms with Crippen LogP contribution < -0.4 is 15.4 Å². The highest BCUT2D eigenvalue weighted by molar-refractivity contribution is 14.0. The van der Waals surface area contributed by atoms with Crippen LogP contribution in [0.3, 0.4) is 0 Å². The number of carbonyl (C=O) groups excluding carboxylic acids is 1. The third-order valence-electron chi connectivity index (χ3n) is 4.91.